The van der Waals surface area contributed by atoms with Gasteiger partial charge in [-0.2, -0.15) is 5.26 Å². The predicted molar refractivity (Wildman–Crippen MR) is 85.0 cm³/mol. The van der Waals surface area contributed by atoms with Gasteiger partial charge < -0.3 is 9.42 Å². The molecule has 0 saturated heterocycles. The van der Waals surface area contributed by atoms with Gasteiger partial charge in [0.15, 0.2) is 0 Å². The second-order valence-corrected chi connectivity index (χ2v) is 7.66. The quantitative estimate of drug-likeness (QED) is 0.679. The van der Waals surface area contributed by atoms with Crippen LogP contribution in [0, 0.1) is 23.2 Å². The molecule has 0 aliphatic carbocycles. The maximum Gasteiger partial charge on any atom is 0.257 e. The Balaban J connectivity index is 5.30. The Kier molecular flexibility index (Phi) is 8.21. The minimum atomic E-state index is -1.71. The van der Waals surface area contributed by atoms with Crippen LogP contribution in [0.4, 0.5) is 0 Å². The maximum atomic E-state index is 10.6. The van der Waals surface area contributed by atoms with Gasteiger partial charge in [-0.1, -0.05) is 27.7 Å². The van der Waals surface area contributed by atoms with E-state index in [9.17, 15) is 4.89 Å². The Morgan fingerprint density at radius 1 is 1.05 bits per heavy atom. The van der Waals surface area contributed by atoms with Gasteiger partial charge in [0, 0.05) is 12.1 Å². The third kappa shape index (κ3) is 4.67. The largest absolute Gasteiger partial charge is 0.338 e. The minimum absolute atomic E-state index is 0.167. The van der Waals surface area contributed by atoms with E-state index in [1.165, 1.54) is 0 Å². The summed E-state index contributed by atoms with van der Waals surface area (Å²) in [5, 5.41) is 9.15. The van der Waals surface area contributed by atoms with E-state index in [0.717, 1.165) is 0 Å². The highest BCUT2D eigenvalue weighted by Crippen LogP contribution is 2.49. The molecule has 0 bridgehead atoms. The van der Waals surface area contributed by atoms with Gasteiger partial charge in [0.1, 0.15) is 0 Å². The first-order valence-electron chi connectivity index (χ1n) is 7.43. The second kappa shape index (κ2) is 8.29. The molecule has 5 heteroatoms. The van der Waals surface area contributed by atoms with Crippen molar-refractivity contribution in [3.05, 3.63) is 0 Å². The lowest BCUT2D eigenvalue weighted by atomic mass is 9.78. The summed E-state index contributed by atoms with van der Waals surface area (Å²) < 4.78 is 8.09. The number of hydrogen-bond donors (Lipinski definition) is 1. The molecule has 118 valence electrons. The first-order valence-corrected chi connectivity index (χ1v) is 8.60. The average molecular weight is 302 g/mol. The van der Waals surface area contributed by atoms with Crippen LogP contribution < -0.4 is 0 Å². The Morgan fingerprint density at radius 3 is 1.70 bits per heavy atom. The lowest BCUT2D eigenvalue weighted by Gasteiger charge is -2.44. The average Bonchev–Trinajstić information content (AvgIpc) is 2.26. The molecular weight excluding hydrogens is 271 g/mol. The molecular formula is C15H31N2O2P. The molecule has 0 heterocycles. The van der Waals surface area contributed by atoms with Gasteiger partial charge in [-0.25, -0.2) is 4.67 Å². The van der Waals surface area contributed by atoms with Crippen molar-refractivity contribution in [1.29, 1.82) is 5.26 Å². The van der Waals surface area contributed by atoms with Crippen LogP contribution in [-0.2, 0) is 4.52 Å². The Morgan fingerprint density at radius 2 is 1.45 bits per heavy atom. The van der Waals surface area contributed by atoms with Crippen LogP contribution in [0.15, 0.2) is 0 Å². The van der Waals surface area contributed by atoms with E-state index in [-0.39, 0.29) is 23.9 Å². The van der Waals surface area contributed by atoms with Crippen LogP contribution in [0.25, 0.3) is 0 Å². The fourth-order valence-electron chi connectivity index (χ4n) is 2.63. The number of rotatable bonds is 8. The molecule has 4 nitrogen and oxygen atoms in total. The van der Waals surface area contributed by atoms with Gasteiger partial charge in [0.05, 0.1) is 18.1 Å². The van der Waals surface area contributed by atoms with Gasteiger partial charge in [0.25, 0.3) is 8.53 Å². The maximum absolute atomic E-state index is 10.6. The zero-order chi connectivity index (χ0) is 16.1. The van der Waals surface area contributed by atoms with Crippen molar-refractivity contribution < 1.29 is 9.42 Å². The van der Waals surface area contributed by atoms with E-state index >= 15 is 0 Å². The molecule has 0 rings (SSSR count). The van der Waals surface area contributed by atoms with Gasteiger partial charge in [-0.15, -0.1) is 0 Å². The molecule has 0 aliphatic heterocycles. The van der Waals surface area contributed by atoms with Crippen molar-refractivity contribution in [3.63, 3.8) is 0 Å². The van der Waals surface area contributed by atoms with Crippen molar-refractivity contribution in [3.8, 4) is 6.07 Å². The highest BCUT2D eigenvalue weighted by molar-refractivity contribution is 7.43. The van der Waals surface area contributed by atoms with Crippen LogP contribution in [0.5, 0.6) is 0 Å². The summed E-state index contributed by atoms with van der Waals surface area (Å²) in [6, 6.07) is 2.63. The van der Waals surface area contributed by atoms with Gasteiger partial charge in [-0.05, 0) is 39.5 Å². The van der Waals surface area contributed by atoms with Crippen molar-refractivity contribution in [2.45, 2.75) is 79.5 Å². The summed E-state index contributed by atoms with van der Waals surface area (Å²) in [6.07, 6.45) is 0.297. The SMILES string of the molecule is CC(C)N(C(C)C)P(O)OC(CC#N)(C(C)C)C(C)C. The molecule has 0 aliphatic rings. The highest BCUT2D eigenvalue weighted by atomic mass is 31.2. The van der Waals surface area contributed by atoms with Crippen LogP contribution in [0.3, 0.4) is 0 Å². The van der Waals surface area contributed by atoms with E-state index in [4.69, 9.17) is 9.79 Å². The zero-order valence-electron chi connectivity index (χ0n) is 14.2. The van der Waals surface area contributed by atoms with Crippen molar-refractivity contribution in [1.82, 2.24) is 4.67 Å². The molecule has 0 spiro atoms. The molecule has 1 N–H and O–H groups in total. The molecule has 0 amide bonds. The monoisotopic (exact) mass is 302 g/mol. The van der Waals surface area contributed by atoms with Gasteiger partial charge in [0.2, 0.25) is 0 Å². The molecule has 0 aromatic carbocycles. The molecule has 1 atom stereocenters. The molecule has 0 fully saturated rings. The summed E-state index contributed by atoms with van der Waals surface area (Å²) in [4.78, 5) is 10.6. The number of nitriles is 1. The highest BCUT2D eigenvalue weighted by Gasteiger charge is 2.42. The third-order valence-electron chi connectivity index (χ3n) is 3.82. The second-order valence-electron chi connectivity index (χ2n) is 6.51. The van der Waals surface area contributed by atoms with Gasteiger partial charge in [-0.3, -0.25) is 0 Å². The molecule has 0 aromatic rings. The Bertz CT molecular complexity index is 308. The molecule has 20 heavy (non-hydrogen) atoms. The summed E-state index contributed by atoms with van der Waals surface area (Å²) in [5.41, 5.74) is -0.600. The van der Waals surface area contributed by atoms with E-state index in [1.54, 1.807) is 0 Å². The summed E-state index contributed by atoms with van der Waals surface area (Å²) >= 11 is 0. The topological polar surface area (TPSA) is 56.5 Å². The fraction of sp³-hybridized carbons (Fsp3) is 0.933. The lowest BCUT2D eigenvalue weighted by molar-refractivity contribution is -0.0257. The Hall–Kier alpha value is -0.200. The Labute approximate surface area is 126 Å². The fourth-order valence-corrected chi connectivity index (χ4v) is 4.31. The molecule has 0 saturated carbocycles. The predicted octanol–water partition coefficient (Wildman–Crippen LogP) is 4.31. The van der Waals surface area contributed by atoms with Gasteiger partial charge >= 0.3 is 0 Å². The zero-order valence-corrected chi connectivity index (χ0v) is 15.1. The summed E-state index contributed by atoms with van der Waals surface area (Å²) in [7, 11) is -1.71. The number of hydrogen-bond acceptors (Lipinski definition) is 4. The van der Waals surface area contributed by atoms with Crippen molar-refractivity contribution in [2.75, 3.05) is 0 Å². The standard InChI is InChI=1S/C15H31N2O2P/c1-11(2)15(9-10-16,12(3)4)19-20(18)17(13(5)6)14(7)8/h11-14,18H,9H2,1-8H3. The summed E-state index contributed by atoms with van der Waals surface area (Å²) in [5.74, 6) is 0.334. The molecule has 0 radical (unpaired) electrons. The minimum Gasteiger partial charge on any atom is -0.338 e. The van der Waals surface area contributed by atoms with E-state index < -0.39 is 14.1 Å². The van der Waals surface area contributed by atoms with Crippen LogP contribution in [0.2, 0.25) is 0 Å². The summed E-state index contributed by atoms with van der Waals surface area (Å²) in [6.45, 7) is 16.4. The first kappa shape index (κ1) is 19.8. The lowest BCUT2D eigenvalue weighted by Crippen LogP contribution is -2.44. The van der Waals surface area contributed by atoms with E-state index in [1.807, 2.05) is 32.4 Å². The van der Waals surface area contributed by atoms with Crippen molar-refractivity contribution in [2.24, 2.45) is 11.8 Å². The van der Waals surface area contributed by atoms with Crippen molar-refractivity contribution >= 4 is 8.53 Å². The molecule has 1 unspecified atom stereocenters. The van der Waals surface area contributed by atoms with E-state index in [0.29, 0.717) is 6.42 Å². The van der Waals surface area contributed by atoms with Crippen LogP contribution in [-0.4, -0.2) is 27.2 Å². The smallest absolute Gasteiger partial charge is 0.257 e. The first-order chi connectivity index (χ1) is 9.10. The number of nitrogens with zero attached hydrogens (tertiary/aromatic N) is 2. The van der Waals surface area contributed by atoms with Crippen LogP contribution in [0.1, 0.15) is 61.8 Å². The van der Waals surface area contributed by atoms with Crippen LogP contribution >= 0.6 is 8.53 Å². The van der Waals surface area contributed by atoms with E-state index in [2.05, 4.69) is 33.8 Å². The third-order valence-corrected chi connectivity index (χ3v) is 5.64. The normalized spacial score (nSPS) is 14.7. The molecule has 0 aromatic heterocycles.